The number of alkyl halides is 3. The van der Waals surface area contributed by atoms with Gasteiger partial charge in [0.05, 0.1) is 17.0 Å². The zero-order valence-corrected chi connectivity index (χ0v) is 19.9. The Bertz CT molecular complexity index is 1390. The Morgan fingerprint density at radius 2 is 1.75 bits per heavy atom. The van der Waals surface area contributed by atoms with Gasteiger partial charge in [-0.2, -0.15) is 22.8 Å². The van der Waals surface area contributed by atoms with Crippen molar-refractivity contribution in [2.45, 2.75) is 24.5 Å². The Labute approximate surface area is 208 Å². The number of hydrogen-bond acceptors (Lipinski definition) is 6. The van der Waals surface area contributed by atoms with Crippen LogP contribution in [0.1, 0.15) is 27.3 Å². The standard InChI is InChI=1S/C24H21F3N6O2S/c1-15-6-8-16(9-7-15)23(35)28-13-12-20-31-30-19-10-11-22(32-33(19)20)36-14-21(34)29-18-5-3-2-4-17(18)24(25,26)27/h2-11H,12-14H2,1H3,(H,28,35)(H,29,34). The lowest BCUT2D eigenvalue weighted by Crippen LogP contribution is -2.26. The third-order valence-corrected chi connectivity index (χ3v) is 6.03. The second-order valence-electron chi connectivity index (χ2n) is 7.81. The van der Waals surface area contributed by atoms with E-state index >= 15 is 0 Å². The van der Waals surface area contributed by atoms with Crippen LogP contribution in [-0.4, -0.2) is 43.9 Å². The number of amides is 2. The summed E-state index contributed by atoms with van der Waals surface area (Å²) < 4.78 is 40.9. The van der Waals surface area contributed by atoms with E-state index in [2.05, 4.69) is 25.9 Å². The maximum absolute atomic E-state index is 13.1. The molecule has 4 rings (SSSR count). The van der Waals surface area contributed by atoms with Gasteiger partial charge < -0.3 is 10.6 Å². The number of halogens is 3. The summed E-state index contributed by atoms with van der Waals surface area (Å²) in [5.74, 6) is -0.429. The Balaban J connectivity index is 1.35. The summed E-state index contributed by atoms with van der Waals surface area (Å²) in [6.07, 6.45) is -4.21. The number of aryl methyl sites for hydroxylation is 1. The average Bonchev–Trinajstić information content (AvgIpc) is 3.25. The molecule has 2 amide bonds. The molecule has 0 spiro atoms. The van der Waals surface area contributed by atoms with E-state index in [1.165, 1.54) is 22.7 Å². The molecule has 0 fully saturated rings. The molecule has 36 heavy (non-hydrogen) atoms. The third kappa shape index (κ3) is 6.19. The van der Waals surface area contributed by atoms with Crippen molar-refractivity contribution < 1.29 is 22.8 Å². The van der Waals surface area contributed by atoms with Crippen LogP contribution >= 0.6 is 11.8 Å². The van der Waals surface area contributed by atoms with Gasteiger partial charge in [-0.05, 0) is 43.3 Å². The van der Waals surface area contributed by atoms with Crippen LogP contribution in [0.4, 0.5) is 18.9 Å². The van der Waals surface area contributed by atoms with Crippen molar-refractivity contribution in [3.8, 4) is 0 Å². The van der Waals surface area contributed by atoms with E-state index in [1.54, 1.807) is 24.3 Å². The van der Waals surface area contributed by atoms with Crippen molar-refractivity contribution >= 4 is 34.9 Å². The molecule has 0 saturated heterocycles. The molecule has 0 bridgehead atoms. The summed E-state index contributed by atoms with van der Waals surface area (Å²) in [4.78, 5) is 24.6. The minimum absolute atomic E-state index is 0.144. The number of anilines is 1. The van der Waals surface area contributed by atoms with Crippen LogP contribution in [0.15, 0.2) is 65.7 Å². The number of para-hydroxylation sites is 1. The SMILES string of the molecule is Cc1ccc(C(=O)NCCc2nnc3ccc(SCC(=O)Nc4ccccc4C(F)(F)F)nn23)cc1. The quantitative estimate of drug-likeness (QED) is 0.343. The number of thioether (sulfide) groups is 1. The van der Waals surface area contributed by atoms with Crippen molar-refractivity contribution in [1.82, 2.24) is 25.1 Å². The second kappa shape index (κ2) is 10.8. The van der Waals surface area contributed by atoms with E-state index < -0.39 is 17.6 Å². The fourth-order valence-corrected chi connectivity index (χ4v) is 3.96. The van der Waals surface area contributed by atoms with E-state index in [0.717, 1.165) is 23.4 Å². The summed E-state index contributed by atoms with van der Waals surface area (Å²) in [6, 6.07) is 15.3. The maximum atomic E-state index is 13.1. The van der Waals surface area contributed by atoms with Crippen molar-refractivity contribution in [2.24, 2.45) is 0 Å². The lowest BCUT2D eigenvalue weighted by atomic mass is 10.1. The van der Waals surface area contributed by atoms with E-state index in [4.69, 9.17) is 0 Å². The van der Waals surface area contributed by atoms with E-state index in [0.29, 0.717) is 35.0 Å². The molecule has 2 heterocycles. The third-order valence-electron chi connectivity index (χ3n) is 5.11. The van der Waals surface area contributed by atoms with Crippen LogP contribution in [0, 0.1) is 6.92 Å². The highest BCUT2D eigenvalue weighted by Crippen LogP contribution is 2.34. The summed E-state index contributed by atoms with van der Waals surface area (Å²) in [5, 5.41) is 18.2. The highest BCUT2D eigenvalue weighted by Gasteiger charge is 2.33. The van der Waals surface area contributed by atoms with Gasteiger partial charge in [-0.1, -0.05) is 41.6 Å². The highest BCUT2D eigenvalue weighted by atomic mass is 32.2. The van der Waals surface area contributed by atoms with E-state index in [9.17, 15) is 22.8 Å². The zero-order chi connectivity index (χ0) is 25.7. The normalized spacial score (nSPS) is 11.4. The number of fused-ring (bicyclic) bond motifs is 1. The van der Waals surface area contributed by atoms with Crippen LogP contribution in [-0.2, 0) is 17.4 Å². The number of carbonyl (C=O) groups is 2. The van der Waals surface area contributed by atoms with Gasteiger partial charge in [-0.25, -0.2) is 0 Å². The summed E-state index contributed by atoms with van der Waals surface area (Å²) in [6.45, 7) is 2.25. The van der Waals surface area contributed by atoms with Gasteiger partial charge in [0.1, 0.15) is 5.03 Å². The highest BCUT2D eigenvalue weighted by molar-refractivity contribution is 7.99. The van der Waals surface area contributed by atoms with E-state index in [1.807, 2.05) is 19.1 Å². The largest absolute Gasteiger partial charge is 0.418 e. The number of nitrogens with one attached hydrogen (secondary N) is 2. The number of nitrogens with zero attached hydrogens (tertiary/aromatic N) is 4. The molecule has 2 aromatic carbocycles. The predicted molar refractivity (Wildman–Crippen MR) is 129 cm³/mol. The minimum Gasteiger partial charge on any atom is -0.352 e. The number of rotatable bonds is 8. The van der Waals surface area contributed by atoms with Crippen LogP contribution < -0.4 is 10.6 Å². The average molecular weight is 515 g/mol. The molecule has 0 unspecified atom stereocenters. The molecule has 0 aliphatic carbocycles. The molecule has 0 atom stereocenters. The smallest absolute Gasteiger partial charge is 0.352 e. The Kier molecular flexibility index (Phi) is 7.53. The van der Waals surface area contributed by atoms with Gasteiger partial charge in [-0.15, -0.1) is 10.2 Å². The number of benzene rings is 2. The van der Waals surface area contributed by atoms with Crippen LogP contribution in [0.25, 0.3) is 5.65 Å². The van der Waals surface area contributed by atoms with Gasteiger partial charge in [0.2, 0.25) is 5.91 Å². The number of hydrogen-bond donors (Lipinski definition) is 2. The molecule has 0 aliphatic heterocycles. The fourth-order valence-electron chi connectivity index (χ4n) is 3.31. The van der Waals surface area contributed by atoms with Crippen LogP contribution in [0.5, 0.6) is 0 Å². The first-order chi connectivity index (χ1) is 17.2. The zero-order valence-electron chi connectivity index (χ0n) is 19.0. The predicted octanol–water partition coefficient (Wildman–Crippen LogP) is 4.15. The molecule has 2 aromatic heterocycles. The van der Waals surface area contributed by atoms with Crippen molar-refractivity contribution in [3.63, 3.8) is 0 Å². The molecule has 0 saturated carbocycles. The Hall–Kier alpha value is -3.93. The van der Waals surface area contributed by atoms with Crippen LogP contribution in [0.2, 0.25) is 0 Å². The van der Waals surface area contributed by atoms with Gasteiger partial charge in [0.15, 0.2) is 11.5 Å². The monoisotopic (exact) mass is 514 g/mol. The molecule has 2 N–H and O–H groups in total. The van der Waals surface area contributed by atoms with Crippen molar-refractivity contribution in [1.29, 1.82) is 0 Å². The Morgan fingerprint density at radius 3 is 2.50 bits per heavy atom. The van der Waals surface area contributed by atoms with Gasteiger partial charge >= 0.3 is 6.18 Å². The summed E-state index contributed by atoms with van der Waals surface area (Å²) in [5.41, 5.74) is 0.895. The summed E-state index contributed by atoms with van der Waals surface area (Å²) in [7, 11) is 0. The lowest BCUT2D eigenvalue weighted by molar-refractivity contribution is -0.137. The van der Waals surface area contributed by atoms with Gasteiger partial charge in [0.25, 0.3) is 5.91 Å². The molecular formula is C24H21F3N6O2S. The number of carbonyl (C=O) groups excluding carboxylic acids is 2. The first kappa shape index (κ1) is 25.2. The molecule has 186 valence electrons. The first-order valence-corrected chi connectivity index (χ1v) is 11.8. The van der Waals surface area contributed by atoms with Gasteiger partial charge in [-0.3, -0.25) is 9.59 Å². The summed E-state index contributed by atoms with van der Waals surface area (Å²) >= 11 is 1.06. The van der Waals surface area contributed by atoms with Crippen LogP contribution in [0.3, 0.4) is 0 Å². The second-order valence-corrected chi connectivity index (χ2v) is 8.81. The molecule has 0 radical (unpaired) electrons. The molecule has 0 aliphatic rings. The minimum atomic E-state index is -4.58. The van der Waals surface area contributed by atoms with Crippen molar-refractivity contribution in [3.05, 3.63) is 83.2 Å². The Morgan fingerprint density at radius 1 is 1.00 bits per heavy atom. The van der Waals surface area contributed by atoms with Gasteiger partial charge in [0, 0.05) is 18.5 Å². The van der Waals surface area contributed by atoms with E-state index in [-0.39, 0.29) is 17.3 Å². The molecular weight excluding hydrogens is 493 g/mol. The first-order valence-electron chi connectivity index (χ1n) is 10.9. The fraction of sp³-hybridized carbons (Fsp3) is 0.208. The van der Waals surface area contributed by atoms with Crippen molar-refractivity contribution in [2.75, 3.05) is 17.6 Å². The molecule has 8 nitrogen and oxygen atoms in total. The maximum Gasteiger partial charge on any atom is 0.418 e. The topological polar surface area (TPSA) is 101 Å². The number of aromatic nitrogens is 4. The molecule has 4 aromatic rings. The lowest BCUT2D eigenvalue weighted by Gasteiger charge is -2.13. The molecule has 12 heteroatoms.